The smallest absolute Gasteiger partial charge is 0.259 e. The lowest BCUT2D eigenvalue weighted by Gasteiger charge is -2.00. The van der Waals surface area contributed by atoms with Crippen molar-refractivity contribution in [2.24, 2.45) is 0 Å². The Morgan fingerprint density at radius 2 is 2.25 bits per heavy atom. The van der Waals surface area contributed by atoms with Crippen molar-refractivity contribution in [3.05, 3.63) is 41.5 Å². The lowest BCUT2D eigenvalue weighted by atomic mass is 10.1. The van der Waals surface area contributed by atoms with E-state index in [9.17, 15) is 4.79 Å². The van der Waals surface area contributed by atoms with Crippen molar-refractivity contribution in [1.29, 1.82) is 0 Å². The van der Waals surface area contributed by atoms with Crippen molar-refractivity contribution >= 4 is 33.3 Å². The average molecular weight is 286 g/mol. The Morgan fingerprint density at radius 1 is 1.40 bits per heavy atom. The molecule has 0 aliphatic rings. The number of aromatic nitrogens is 3. The molecule has 1 N–H and O–H groups in total. The van der Waals surface area contributed by atoms with Gasteiger partial charge in [-0.1, -0.05) is 36.5 Å². The minimum atomic E-state index is -0.146. The van der Waals surface area contributed by atoms with Crippen LogP contribution in [0.2, 0.25) is 0 Å². The Balaban J connectivity index is 2.00. The van der Waals surface area contributed by atoms with Gasteiger partial charge in [-0.15, -0.1) is 10.2 Å². The van der Waals surface area contributed by atoms with Crippen LogP contribution in [0.4, 0.5) is 5.13 Å². The van der Waals surface area contributed by atoms with Crippen molar-refractivity contribution in [1.82, 2.24) is 14.8 Å². The van der Waals surface area contributed by atoms with E-state index in [1.165, 1.54) is 11.3 Å². The minimum Gasteiger partial charge on any atom is -0.347 e. The molecule has 0 spiro atoms. The highest BCUT2D eigenvalue weighted by molar-refractivity contribution is 7.13. The number of benzene rings is 1. The number of carbonyl (C=O) groups excluding carboxylic acids is 1. The molecule has 1 aromatic carbocycles. The standard InChI is InChI=1S/C14H14N4OS/c1-2-7-18-8-11(10-5-3-4-6-12(10)18)13(19)16-14-17-15-9-20-14/h3-6,8-9H,2,7H2,1H3,(H,16,17,19). The lowest BCUT2D eigenvalue weighted by Crippen LogP contribution is -2.11. The zero-order valence-electron chi connectivity index (χ0n) is 11.0. The van der Waals surface area contributed by atoms with Crippen LogP contribution in [0.3, 0.4) is 0 Å². The molecule has 3 rings (SSSR count). The highest BCUT2D eigenvalue weighted by atomic mass is 32.1. The molecule has 0 unspecified atom stereocenters. The van der Waals surface area contributed by atoms with Crippen LogP contribution < -0.4 is 5.32 Å². The van der Waals surface area contributed by atoms with Gasteiger partial charge in [0, 0.05) is 23.6 Å². The molecular weight excluding hydrogens is 272 g/mol. The summed E-state index contributed by atoms with van der Waals surface area (Å²) >= 11 is 1.31. The fourth-order valence-corrected chi connectivity index (χ4v) is 2.69. The number of amides is 1. The quantitative estimate of drug-likeness (QED) is 0.801. The van der Waals surface area contributed by atoms with Gasteiger partial charge in [-0.05, 0) is 12.5 Å². The molecule has 20 heavy (non-hydrogen) atoms. The number of rotatable bonds is 4. The first kappa shape index (κ1) is 12.8. The second-order valence-electron chi connectivity index (χ2n) is 4.45. The number of nitrogens with zero attached hydrogens (tertiary/aromatic N) is 3. The monoisotopic (exact) mass is 286 g/mol. The van der Waals surface area contributed by atoms with Gasteiger partial charge in [0.25, 0.3) is 5.91 Å². The lowest BCUT2D eigenvalue weighted by molar-refractivity contribution is 0.102. The van der Waals surface area contributed by atoms with Gasteiger partial charge in [-0.25, -0.2) is 0 Å². The second-order valence-corrected chi connectivity index (χ2v) is 5.28. The van der Waals surface area contributed by atoms with Gasteiger partial charge >= 0.3 is 0 Å². The molecule has 5 nitrogen and oxygen atoms in total. The minimum absolute atomic E-state index is 0.146. The van der Waals surface area contributed by atoms with Crippen LogP contribution in [0.15, 0.2) is 36.0 Å². The number of para-hydroxylation sites is 1. The number of hydrogen-bond donors (Lipinski definition) is 1. The van der Waals surface area contributed by atoms with Crippen LogP contribution >= 0.6 is 11.3 Å². The maximum atomic E-state index is 12.4. The van der Waals surface area contributed by atoms with Crippen molar-refractivity contribution in [2.45, 2.75) is 19.9 Å². The summed E-state index contributed by atoms with van der Waals surface area (Å²) in [6.45, 7) is 3.02. The van der Waals surface area contributed by atoms with Crippen molar-refractivity contribution < 1.29 is 4.79 Å². The first-order chi connectivity index (χ1) is 9.79. The van der Waals surface area contributed by atoms with Gasteiger partial charge in [0.1, 0.15) is 5.51 Å². The maximum Gasteiger partial charge on any atom is 0.259 e. The fourth-order valence-electron chi connectivity index (χ4n) is 2.25. The van der Waals surface area contributed by atoms with Crippen LogP contribution in [0.25, 0.3) is 10.9 Å². The molecule has 2 aromatic heterocycles. The first-order valence-electron chi connectivity index (χ1n) is 6.45. The number of hydrogen-bond acceptors (Lipinski definition) is 4. The van der Waals surface area contributed by atoms with Gasteiger partial charge in [-0.2, -0.15) is 0 Å². The van der Waals surface area contributed by atoms with E-state index in [1.807, 2.05) is 30.5 Å². The van der Waals surface area contributed by atoms with Gasteiger partial charge < -0.3 is 4.57 Å². The number of aryl methyl sites for hydroxylation is 1. The summed E-state index contributed by atoms with van der Waals surface area (Å²) < 4.78 is 2.12. The third-order valence-electron chi connectivity index (χ3n) is 3.08. The first-order valence-corrected chi connectivity index (χ1v) is 7.33. The molecule has 0 aliphatic heterocycles. The van der Waals surface area contributed by atoms with Crippen LogP contribution in [-0.4, -0.2) is 20.7 Å². The predicted octanol–water partition coefficient (Wildman–Crippen LogP) is 3.16. The summed E-state index contributed by atoms with van der Waals surface area (Å²) in [6.07, 6.45) is 2.93. The summed E-state index contributed by atoms with van der Waals surface area (Å²) in [7, 11) is 0. The molecule has 0 fully saturated rings. The van der Waals surface area contributed by atoms with Crippen molar-refractivity contribution in [2.75, 3.05) is 5.32 Å². The molecule has 0 saturated heterocycles. The summed E-state index contributed by atoms with van der Waals surface area (Å²) in [5, 5.41) is 11.8. The average Bonchev–Trinajstić information content (AvgIpc) is 3.08. The van der Waals surface area contributed by atoms with Crippen LogP contribution in [0, 0.1) is 0 Å². The fraction of sp³-hybridized carbons (Fsp3) is 0.214. The van der Waals surface area contributed by atoms with Gasteiger partial charge in [0.2, 0.25) is 5.13 Å². The second kappa shape index (κ2) is 5.42. The van der Waals surface area contributed by atoms with E-state index in [0.29, 0.717) is 10.7 Å². The van der Waals surface area contributed by atoms with Crippen LogP contribution in [0.5, 0.6) is 0 Å². The SMILES string of the molecule is CCCn1cc(C(=O)Nc2nncs2)c2ccccc21. The molecule has 0 radical (unpaired) electrons. The molecule has 6 heteroatoms. The highest BCUT2D eigenvalue weighted by Gasteiger charge is 2.15. The van der Waals surface area contributed by atoms with E-state index < -0.39 is 0 Å². The van der Waals surface area contributed by atoms with E-state index in [-0.39, 0.29) is 5.91 Å². The molecule has 2 heterocycles. The van der Waals surface area contributed by atoms with E-state index in [0.717, 1.165) is 23.9 Å². The predicted molar refractivity (Wildman–Crippen MR) is 80.1 cm³/mol. The molecule has 102 valence electrons. The summed E-state index contributed by atoms with van der Waals surface area (Å²) in [4.78, 5) is 12.4. The molecule has 1 amide bonds. The third kappa shape index (κ3) is 2.30. The number of anilines is 1. The summed E-state index contributed by atoms with van der Waals surface area (Å²) in [6, 6.07) is 7.94. The van der Waals surface area contributed by atoms with E-state index in [2.05, 4.69) is 27.0 Å². The van der Waals surface area contributed by atoms with Gasteiger partial charge in [0.15, 0.2) is 0 Å². The molecule has 0 saturated carbocycles. The molecule has 0 atom stereocenters. The Bertz CT molecular complexity index is 733. The zero-order chi connectivity index (χ0) is 13.9. The number of carbonyl (C=O) groups is 1. The normalized spacial score (nSPS) is 10.8. The largest absolute Gasteiger partial charge is 0.347 e. The molecule has 0 aliphatic carbocycles. The van der Waals surface area contributed by atoms with Crippen molar-refractivity contribution in [3.63, 3.8) is 0 Å². The zero-order valence-corrected chi connectivity index (χ0v) is 11.9. The molecule has 0 bridgehead atoms. The molecule has 3 aromatic rings. The summed E-state index contributed by atoms with van der Waals surface area (Å²) in [5.74, 6) is -0.146. The Morgan fingerprint density at radius 3 is 3.00 bits per heavy atom. The van der Waals surface area contributed by atoms with E-state index in [1.54, 1.807) is 5.51 Å². The topological polar surface area (TPSA) is 59.8 Å². The highest BCUT2D eigenvalue weighted by Crippen LogP contribution is 2.23. The third-order valence-corrected chi connectivity index (χ3v) is 3.68. The number of nitrogens with one attached hydrogen (secondary N) is 1. The van der Waals surface area contributed by atoms with E-state index >= 15 is 0 Å². The Hall–Kier alpha value is -2.21. The maximum absolute atomic E-state index is 12.4. The number of fused-ring (bicyclic) bond motifs is 1. The van der Waals surface area contributed by atoms with Crippen molar-refractivity contribution in [3.8, 4) is 0 Å². The van der Waals surface area contributed by atoms with Crippen LogP contribution in [-0.2, 0) is 6.54 Å². The van der Waals surface area contributed by atoms with Gasteiger partial charge in [0.05, 0.1) is 5.56 Å². The van der Waals surface area contributed by atoms with Gasteiger partial charge in [-0.3, -0.25) is 10.1 Å². The van der Waals surface area contributed by atoms with Crippen LogP contribution in [0.1, 0.15) is 23.7 Å². The Labute approximate surface area is 120 Å². The Kier molecular flexibility index (Phi) is 3.47. The molecular formula is C14H14N4OS. The van der Waals surface area contributed by atoms with E-state index in [4.69, 9.17) is 0 Å². The summed E-state index contributed by atoms with van der Waals surface area (Å²) in [5.41, 5.74) is 3.34.